The van der Waals surface area contributed by atoms with Crippen molar-refractivity contribution >= 4 is 0 Å². The van der Waals surface area contributed by atoms with Gasteiger partial charge in [-0.2, -0.15) is 18.4 Å². The molecule has 1 heterocycles. The fraction of sp³-hybridized carbons (Fsp3) is 0.500. The van der Waals surface area contributed by atoms with Gasteiger partial charge < -0.3 is 5.32 Å². The van der Waals surface area contributed by atoms with Crippen molar-refractivity contribution in [2.45, 2.75) is 18.6 Å². The van der Waals surface area contributed by atoms with Gasteiger partial charge in [-0.15, -0.1) is 0 Å². The summed E-state index contributed by atoms with van der Waals surface area (Å²) in [6.45, 7) is 2.43. The number of nitrogens with one attached hydrogen (secondary N) is 1. The fourth-order valence-corrected chi connectivity index (χ4v) is 2.58. The molecular weight excluding hydrogens is 286 g/mol. The lowest BCUT2D eigenvalue weighted by Gasteiger charge is -2.35. The third-order valence-electron chi connectivity index (χ3n) is 3.56. The molecule has 1 aromatic rings. The largest absolute Gasteiger partial charge is 0.416 e. The van der Waals surface area contributed by atoms with E-state index in [1.165, 1.54) is 0 Å². The SMILES string of the molecule is N#CC[C@@H](c1ccc(F)cc1C(F)(F)F)N1CCNCC1. The summed E-state index contributed by atoms with van der Waals surface area (Å²) in [5.41, 5.74) is -1.03. The molecule has 0 amide bonds. The standard InChI is InChI=1S/C14H15F4N3/c15-10-1-2-11(12(9-10)14(16,17)18)13(3-4-19)21-7-5-20-6-8-21/h1-2,9,13,20H,3,5-8H2/t13-/m0/s1. The van der Waals surface area contributed by atoms with Crippen LogP contribution in [-0.2, 0) is 6.18 Å². The maximum atomic E-state index is 13.2. The molecule has 114 valence electrons. The summed E-state index contributed by atoms with van der Waals surface area (Å²) in [5.74, 6) is -0.929. The van der Waals surface area contributed by atoms with Crippen LogP contribution in [0.2, 0.25) is 0 Å². The maximum Gasteiger partial charge on any atom is 0.416 e. The number of piperazine rings is 1. The van der Waals surface area contributed by atoms with Gasteiger partial charge in [0.15, 0.2) is 0 Å². The average Bonchev–Trinajstić information content (AvgIpc) is 2.45. The van der Waals surface area contributed by atoms with Crippen LogP contribution in [0, 0.1) is 17.1 Å². The molecule has 0 aliphatic carbocycles. The Morgan fingerprint density at radius 2 is 1.95 bits per heavy atom. The molecule has 2 rings (SSSR count). The minimum atomic E-state index is -4.64. The van der Waals surface area contributed by atoms with E-state index in [-0.39, 0.29) is 12.0 Å². The summed E-state index contributed by atoms with van der Waals surface area (Å²) in [6.07, 6.45) is -4.70. The van der Waals surface area contributed by atoms with Gasteiger partial charge in [-0.05, 0) is 17.7 Å². The lowest BCUT2D eigenvalue weighted by molar-refractivity contribution is -0.139. The van der Waals surface area contributed by atoms with Crippen LogP contribution in [0.25, 0.3) is 0 Å². The van der Waals surface area contributed by atoms with Crippen molar-refractivity contribution < 1.29 is 17.6 Å². The van der Waals surface area contributed by atoms with Crippen molar-refractivity contribution in [3.8, 4) is 6.07 Å². The minimum Gasteiger partial charge on any atom is -0.314 e. The fourth-order valence-electron chi connectivity index (χ4n) is 2.58. The van der Waals surface area contributed by atoms with E-state index >= 15 is 0 Å². The smallest absolute Gasteiger partial charge is 0.314 e. The van der Waals surface area contributed by atoms with E-state index in [0.717, 1.165) is 12.1 Å². The molecule has 1 aliphatic heterocycles. The van der Waals surface area contributed by atoms with E-state index in [9.17, 15) is 17.6 Å². The third kappa shape index (κ3) is 3.71. The minimum absolute atomic E-state index is 0.0349. The highest BCUT2D eigenvalue weighted by molar-refractivity contribution is 5.34. The molecule has 0 spiro atoms. The molecule has 1 saturated heterocycles. The lowest BCUT2D eigenvalue weighted by Crippen LogP contribution is -2.45. The van der Waals surface area contributed by atoms with E-state index in [4.69, 9.17) is 5.26 Å². The molecule has 0 bridgehead atoms. The summed E-state index contributed by atoms with van der Waals surface area (Å²) < 4.78 is 52.5. The first-order chi connectivity index (χ1) is 9.93. The number of halogens is 4. The summed E-state index contributed by atoms with van der Waals surface area (Å²) in [6, 6.07) is 3.92. The predicted molar refractivity (Wildman–Crippen MR) is 68.8 cm³/mol. The average molecular weight is 301 g/mol. The van der Waals surface area contributed by atoms with Gasteiger partial charge in [0, 0.05) is 32.2 Å². The van der Waals surface area contributed by atoms with Crippen LogP contribution < -0.4 is 5.32 Å². The molecule has 7 heteroatoms. The molecule has 3 nitrogen and oxygen atoms in total. The molecule has 1 aromatic carbocycles. The monoisotopic (exact) mass is 301 g/mol. The van der Waals surface area contributed by atoms with Crippen molar-refractivity contribution in [3.63, 3.8) is 0 Å². The summed E-state index contributed by atoms with van der Waals surface area (Å²) in [5, 5.41) is 12.0. The van der Waals surface area contributed by atoms with Gasteiger partial charge in [0.1, 0.15) is 5.82 Å². The second-order valence-corrected chi connectivity index (χ2v) is 4.89. The highest BCUT2D eigenvalue weighted by Gasteiger charge is 2.37. The Kier molecular flexibility index (Phi) is 4.80. The number of benzene rings is 1. The topological polar surface area (TPSA) is 39.1 Å². The van der Waals surface area contributed by atoms with E-state index in [2.05, 4.69) is 5.32 Å². The Morgan fingerprint density at radius 3 is 2.52 bits per heavy atom. The maximum absolute atomic E-state index is 13.2. The van der Waals surface area contributed by atoms with Gasteiger partial charge in [-0.1, -0.05) is 6.07 Å². The Morgan fingerprint density at radius 1 is 1.29 bits per heavy atom. The number of nitrogens with zero attached hydrogens (tertiary/aromatic N) is 2. The molecule has 1 fully saturated rings. The number of nitriles is 1. The lowest BCUT2D eigenvalue weighted by atomic mass is 9.96. The van der Waals surface area contributed by atoms with Crippen LogP contribution in [0.15, 0.2) is 18.2 Å². The van der Waals surface area contributed by atoms with Crippen LogP contribution in [0.5, 0.6) is 0 Å². The molecule has 0 radical (unpaired) electrons. The van der Waals surface area contributed by atoms with E-state index in [1.54, 1.807) is 0 Å². The van der Waals surface area contributed by atoms with E-state index in [0.29, 0.717) is 32.2 Å². The van der Waals surface area contributed by atoms with Gasteiger partial charge in [0.2, 0.25) is 0 Å². The van der Waals surface area contributed by atoms with Crippen molar-refractivity contribution in [1.82, 2.24) is 10.2 Å². The Hall–Kier alpha value is -1.65. The van der Waals surface area contributed by atoms with Crippen molar-refractivity contribution in [1.29, 1.82) is 5.26 Å². The van der Waals surface area contributed by atoms with Crippen LogP contribution in [0.4, 0.5) is 17.6 Å². The van der Waals surface area contributed by atoms with Crippen LogP contribution in [0.1, 0.15) is 23.6 Å². The van der Waals surface area contributed by atoms with Gasteiger partial charge in [0.25, 0.3) is 0 Å². The second-order valence-electron chi connectivity index (χ2n) is 4.89. The van der Waals surface area contributed by atoms with Crippen LogP contribution >= 0.6 is 0 Å². The van der Waals surface area contributed by atoms with Gasteiger partial charge >= 0.3 is 6.18 Å². The van der Waals surface area contributed by atoms with Gasteiger partial charge in [-0.3, -0.25) is 4.90 Å². The van der Waals surface area contributed by atoms with E-state index < -0.39 is 23.6 Å². The number of alkyl halides is 3. The normalized spacial score (nSPS) is 18.2. The molecular formula is C14H15F4N3. The van der Waals surface area contributed by atoms with Crippen molar-refractivity contribution in [2.24, 2.45) is 0 Å². The highest BCUT2D eigenvalue weighted by atomic mass is 19.4. The molecule has 0 saturated carbocycles. The second kappa shape index (κ2) is 6.41. The molecule has 1 atom stereocenters. The number of hydrogen-bond donors (Lipinski definition) is 1. The first-order valence-electron chi connectivity index (χ1n) is 6.62. The van der Waals surface area contributed by atoms with Gasteiger partial charge in [-0.25, -0.2) is 4.39 Å². The first-order valence-corrected chi connectivity index (χ1v) is 6.62. The van der Waals surface area contributed by atoms with Crippen molar-refractivity contribution in [2.75, 3.05) is 26.2 Å². The Balaban J connectivity index is 2.42. The zero-order valence-electron chi connectivity index (χ0n) is 11.3. The summed E-state index contributed by atoms with van der Waals surface area (Å²) in [4.78, 5) is 1.84. The molecule has 0 aromatic heterocycles. The highest BCUT2D eigenvalue weighted by Crippen LogP contribution is 2.38. The first kappa shape index (κ1) is 15.7. The summed E-state index contributed by atoms with van der Waals surface area (Å²) in [7, 11) is 0. The quantitative estimate of drug-likeness (QED) is 0.873. The molecule has 0 unspecified atom stereocenters. The van der Waals surface area contributed by atoms with Crippen LogP contribution in [0.3, 0.4) is 0 Å². The molecule has 1 aliphatic rings. The summed E-state index contributed by atoms with van der Waals surface area (Å²) >= 11 is 0. The number of rotatable bonds is 3. The van der Waals surface area contributed by atoms with Crippen molar-refractivity contribution in [3.05, 3.63) is 35.1 Å². The zero-order valence-corrected chi connectivity index (χ0v) is 11.3. The van der Waals surface area contributed by atoms with Gasteiger partial charge in [0.05, 0.1) is 18.1 Å². The predicted octanol–water partition coefficient (Wildman–Crippen LogP) is 2.70. The number of hydrogen-bond acceptors (Lipinski definition) is 3. The zero-order chi connectivity index (χ0) is 15.5. The van der Waals surface area contributed by atoms with E-state index in [1.807, 2.05) is 11.0 Å². The molecule has 1 N–H and O–H groups in total. The molecule has 21 heavy (non-hydrogen) atoms. The third-order valence-corrected chi connectivity index (χ3v) is 3.56. The Bertz CT molecular complexity index is 530. The van der Waals surface area contributed by atoms with Crippen LogP contribution in [-0.4, -0.2) is 31.1 Å². The Labute approximate surface area is 120 Å².